The monoisotopic (exact) mass is 639 g/mol. The van der Waals surface area contributed by atoms with Gasteiger partial charge in [0, 0.05) is 33.9 Å². The quantitative estimate of drug-likeness (QED) is 0.236. The maximum absolute atomic E-state index is 13.6. The zero-order valence-corrected chi connectivity index (χ0v) is 25.7. The Morgan fingerprint density at radius 3 is 2.61 bits per heavy atom. The topological polar surface area (TPSA) is 152 Å². The zero-order chi connectivity index (χ0) is 31.4. The average molecular weight is 641 g/mol. The lowest BCUT2D eigenvalue weighted by molar-refractivity contribution is -0.145. The van der Waals surface area contributed by atoms with E-state index in [0.717, 1.165) is 16.5 Å². The molecular formula is C30H31Cl2N7O5. The molecule has 0 fully saturated rings. The number of Topliss-reactive ketones (excluding diaryl/α,β-unsaturated/α-hetero) is 1. The molecule has 0 saturated heterocycles. The number of H-pyrrole nitrogens is 1. The minimum atomic E-state index is -1.25. The van der Waals surface area contributed by atoms with Gasteiger partial charge in [0.15, 0.2) is 11.6 Å². The Morgan fingerprint density at radius 1 is 1.11 bits per heavy atom. The molecule has 2 amide bonds. The molecule has 1 aliphatic rings. The number of rotatable bonds is 11. The molecule has 44 heavy (non-hydrogen) atoms. The van der Waals surface area contributed by atoms with E-state index < -0.39 is 36.2 Å². The molecule has 1 aliphatic heterocycles. The van der Waals surface area contributed by atoms with Crippen molar-refractivity contribution in [1.82, 2.24) is 35.4 Å². The van der Waals surface area contributed by atoms with Gasteiger partial charge in [0.05, 0.1) is 19.1 Å². The van der Waals surface area contributed by atoms with Gasteiger partial charge in [-0.15, -0.1) is 5.10 Å². The van der Waals surface area contributed by atoms with E-state index in [1.165, 1.54) is 9.58 Å². The van der Waals surface area contributed by atoms with Crippen LogP contribution in [0, 0.1) is 0 Å². The van der Waals surface area contributed by atoms with Crippen LogP contribution in [0.4, 0.5) is 0 Å². The second kappa shape index (κ2) is 13.6. The molecule has 4 aromatic rings. The number of fused-ring (bicyclic) bond motifs is 3. The number of halogens is 2. The maximum atomic E-state index is 13.6. The van der Waals surface area contributed by atoms with Crippen molar-refractivity contribution in [3.8, 4) is 0 Å². The first-order chi connectivity index (χ1) is 21.2. The second-order valence-electron chi connectivity index (χ2n) is 10.5. The highest BCUT2D eigenvalue weighted by Crippen LogP contribution is 2.28. The standard InChI is InChI=1S/C30H31Cl2N7O5/c1-3-44-27(41)15-24(25(40)16-39-26(35-36-37-39)14-20-21(31)10-6-11-22(20)32)34-29(42)17(2)38-13-7-9-19-18-8-4-5-12-23(18)33-28(19)30(38)43/h4-6,8,10-12,17,24,33H,3,7,9,13-16H2,1-2H3,(H,34,42)/t17-,24?/m0/s1. The van der Waals surface area contributed by atoms with Crippen LogP contribution in [-0.4, -0.2) is 78.9 Å². The van der Waals surface area contributed by atoms with Crippen LogP contribution in [0.3, 0.4) is 0 Å². The van der Waals surface area contributed by atoms with Gasteiger partial charge in [0.2, 0.25) is 5.91 Å². The Hall–Kier alpha value is -4.29. The summed E-state index contributed by atoms with van der Waals surface area (Å²) in [6.07, 6.45) is 1.07. The van der Waals surface area contributed by atoms with E-state index in [1.54, 1.807) is 32.0 Å². The zero-order valence-electron chi connectivity index (χ0n) is 24.2. The van der Waals surface area contributed by atoms with E-state index in [-0.39, 0.29) is 25.5 Å². The third kappa shape index (κ3) is 6.61. The minimum Gasteiger partial charge on any atom is -0.466 e. The number of ketones is 1. The first-order valence-electron chi connectivity index (χ1n) is 14.2. The Balaban J connectivity index is 1.33. The molecule has 2 aromatic heterocycles. The third-order valence-electron chi connectivity index (χ3n) is 7.65. The van der Waals surface area contributed by atoms with E-state index in [0.29, 0.717) is 46.5 Å². The van der Waals surface area contributed by atoms with E-state index in [1.807, 2.05) is 24.3 Å². The van der Waals surface area contributed by atoms with Crippen molar-refractivity contribution < 1.29 is 23.9 Å². The number of tetrazole rings is 1. The smallest absolute Gasteiger partial charge is 0.308 e. The number of carbonyl (C=O) groups is 4. The molecule has 5 rings (SSSR count). The first-order valence-corrected chi connectivity index (χ1v) is 15.0. The van der Waals surface area contributed by atoms with Gasteiger partial charge in [-0.1, -0.05) is 47.5 Å². The molecule has 230 valence electrons. The number of ether oxygens (including phenoxy) is 1. The lowest BCUT2D eigenvalue weighted by Gasteiger charge is -2.28. The summed E-state index contributed by atoms with van der Waals surface area (Å²) >= 11 is 12.6. The average Bonchev–Trinajstić information content (AvgIpc) is 3.56. The molecule has 14 heteroatoms. The van der Waals surface area contributed by atoms with Gasteiger partial charge in [-0.05, 0) is 66.4 Å². The van der Waals surface area contributed by atoms with Gasteiger partial charge in [-0.3, -0.25) is 19.2 Å². The highest BCUT2D eigenvalue weighted by atomic mass is 35.5. The van der Waals surface area contributed by atoms with Crippen LogP contribution in [0.5, 0.6) is 0 Å². The first kappa shape index (κ1) is 31.1. The Kier molecular flexibility index (Phi) is 9.60. The van der Waals surface area contributed by atoms with Gasteiger partial charge in [0.25, 0.3) is 5.91 Å². The highest BCUT2D eigenvalue weighted by Gasteiger charge is 2.34. The van der Waals surface area contributed by atoms with Crippen LogP contribution >= 0.6 is 23.2 Å². The van der Waals surface area contributed by atoms with Crippen molar-refractivity contribution in [1.29, 1.82) is 0 Å². The van der Waals surface area contributed by atoms with Crippen LogP contribution < -0.4 is 5.32 Å². The molecule has 1 unspecified atom stereocenters. The molecule has 2 atom stereocenters. The summed E-state index contributed by atoms with van der Waals surface area (Å²) in [7, 11) is 0. The van der Waals surface area contributed by atoms with Gasteiger partial charge >= 0.3 is 5.97 Å². The number of hydrogen-bond donors (Lipinski definition) is 2. The number of nitrogens with zero attached hydrogens (tertiary/aromatic N) is 5. The summed E-state index contributed by atoms with van der Waals surface area (Å²) in [5, 5.41) is 16.1. The predicted molar refractivity (Wildman–Crippen MR) is 162 cm³/mol. The van der Waals surface area contributed by atoms with Gasteiger partial charge in [0.1, 0.15) is 18.3 Å². The normalized spacial score (nSPS) is 14.5. The predicted octanol–water partition coefficient (Wildman–Crippen LogP) is 3.54. The number of aryl methyl sites for hydroxylation is 1. The van der Waals surface area contributed by atoms with Crippen LogP contribution in [0.1, 0.15) is 54.1 Å². The maximum Gasteiger partial charge on any atom is 0.308 e. The Bertz CT molecular complexity index is 1700. The minimum absolute atomic E-state index is 0.106. The summed E-state index contributed by atoms with van der Waals surface area (Å²) in [5.74, 6) is -1.77. The molecule has 0 spiro atoms. The van der Waals surface area contributed by atoms with Crippen molar-refractivity contribution in [3.63, 3.8) is 0 Å². The molecular weight excluding hydrogens is 609 g/mol. The van der Waals surface area contributed by atoms with Crippen LogP contribution in [0.25, 0.3) is 10.9 Å². The van der Waals surface area contributed by atoms with Crippen molar-refractivity contribution in [2.75, 3.05) is 13.2 Å². The number of carbonyl (C=O) groups excluding carboxylic acids is 4. The fraction of sp³-hybridized carbons (Fsp3) is 0.367. The Morgan fingerprint density at radius 2 is 1.86 bits per heavy atom. The SMILES string of the molecule is CCOC(=O)CC(NC(=O)[C@H](C)N1CCCc2c([nH]c3ccccc23)C1=O)C(=O)Cn1nnnc1Cc1c(Cl)cccc1Cl. The van der Waals surface area contributed by atoms with Crippen molar-refractivity contribution in [2.45, 2.75) is 58.2 Å². The number of aromatic amines is 1. The van der Waals surface area contributed by atoms with E-state index >= 15 is 0 Å². The van der Waals surface area contributed by atoms with Gasteiger partial charge in [-0.2, -0.15) is 0 Å². The Labute approximate surface area is 263 Å². The van der Waals surface area contributed by atoms with Gasteiger partial charge in [-0.25, -0.2) is 4.68 Å². The molecule has 0 bridgehead atoms. The highest BCUT2D eigenvalue weighted by molar-refractivity contribution is 6.36. The number of hydrogen-bond acceptors (Lipinski definition) is 8. The number of aromatic nitrogens is 5. The fourth-order valence-corrected chi connectivity index (χ4v) is 5.87. The van der Waals surface area contributed by atoms with Gasteiger partial charge < -0.3 is 19.9 Å². The molecule has 0 radical (unpaired) electrons. The van der Waals surface area contributed by atoms with Crippen LogP contribution in [-0.2, 0) is 38.5 Å². The van der Waals surface area contributed by atoms with Crippen molar-refractivity contribution in [3.05, 3.63) is 75.2 Å². The summed E-state index contributed by atoms with van der Waals surface area (Å²) in [4.78, 5) is 57.8. The molecule has 0 saturated carbocycles. The van der Waals surface area contributed by atoms with Crippen molar-refractivity contribution >= 4 is 57.7 Å². The second-order valence-corrected chi connectivity index (χ2v) is 11.3. The molecule has 3 heterocycles. The molecule has 2 aromatic carbocycles. The lowest BCUT2D eigenvalue weighted by atomic mass is 10.1. The number of para-hydroxylation sites is 1. The fourth-order valence-electron chi connectivity index (χ4n) is 5.34. The van der Waals surface area contributed by atoms with Crippen molar-refractivity contribution in [2.24, 2.45) is 0 Å². The molecule has 12 nitrogen and oxygen atoms in total. The molecule has 0 aliphatic carbocycles. The van der Waals surface area contributed by atoms with Crippen LogP contribution in [0.15, 0.2) is 42.5 Å². The summed E-state index contributed by atoms with van der Waals surface area (Å²) in [6, 6.07) is 10.6. The summed E-state index contributed by atoms with van der Waals surface area (Å²) < 4.78 is 6.33. The summed E-state index contributed by atoms with van der Waals surface area (Å²) in [5.41, 5.74) is 2.81. The van der Waals surface area contributed by atoms with E-state index in [4.69, 9.17) is 27.9 Å². The number of esters is 1. The number of amides is 2. The molecule has 2 N–H and O–H groups in total. The van der Waals surface area contributed by atoms with E-state index in [2.05, 4.69) is 25.8 Å². The van der Waals surface area contributed by atoms with E-state index in [9.17, 15) is 19.2 Å². The lowest BCUT2D eigenvalue weighted by Crippen LogP contribution is -2.53. The number of nitrogens with one attached hydrogen (secondary N) is 2. The van der Waals surface area contributed by atoms with Crippen LogP contribution in [0.2, 0.25) is 10.0 Å². The third-order valence-corrected chi connectivity index (χ3v) is 8.36. The summed E-state index contributed by atoms with van der Waals surface area (Å²) in [6.45, 7) is 3.35. The largest absolute Gasteiger partial charge is 0.466 e. The number of benzene rings is 2.